The first-order valence-corrected chi connectivity index (χ1v) is 9.19. The number of benzene rings is 1. The van der Waals surface area contributed by atoms with Crippen LogP contribution < -0.4 is 4.74 Å². The standard InChI is InChI=1S/C19H20F2N4O3/c20-19(21)28-16-6-2-1-4-13(16)17(26)25-8-3-5-15(25)18(27)24-9-7-14-12(11-24)10-22-23-14/h1-2,4,6,10,15,19H,3,5,7-9,11H2,(H,22,23). The Labute approximate surface area is 160 Å². The van der Waals surface area contributed by atoms with E-state index in [-0.39, 0.29) is 17.2 Å². The van der Waals surface area contributed by atoms with Crippen LogP contribution >= 0.6 is 0 Å². The number of carbonyl (C=O) groups is 2. The first-order chi connectivity index (χ1) is 13.5. The third-order valence-corrected chi connectivity index (χ3v) is 5.24. The second kappa shape index (κ2) is 7.57. The molecule has 2 amide bonds. The van der Waals surface area contributed by atoms with Crippen molar-refractivity contribution in [2.24, 2.45) is 0 Å². The summed E-state index contributed by atoms with van der Waals surface area (Å²) in [5.74, 6) is -0.764. The molecule has 1 atom stereocenters. The van der Waals surface area contributed by atoms with Gasteiger partial charge in [-0.25, -0.2) is 0 Å². The van der Waals surface area contributed by atoms with Gasteiger partial charge in [0.2, 0.25) is 5.91 Å². The fourth-order valence-corrected chi connectivity index (χ4v) is 3.88. The lowest BCUT2D eigenvalue weighted by atomic mass is 10.1. The second-order valence-corrected chi connectivity index (χ2v) is 6.91. The molecule has 2 aliphatic rings. The number of fused-ring (bicyclic) bond motifs is 1. The molecule has 1 saturated heterocycles. The highest BCUT2D eigenvalue weighted by atomic mass is 19.3. The molecule has 148 valence electrons. The topological polar surface area (TPSA) is 78.5 Å². The average molecular weight is 390 g/mol. The molecule has 0 radical (unpaired) electrons. The Morgan fingerprint density at radius 2 is 2.07 bits per heavy atom. The van der Waals surface area contributed by atoms with Crippen LogP contribution in [-0.4, -0.2) is 57.6 Å². The number of rotatable bonds is 4. The van der Waals surface area contributed by atoms with E-state index >= 15 is 0 Å². The fraction of sp³-hybridized carbons (Fsp3) is 0.421. The maximum atomic E-state index is 13.1. The van der Waals surface area contributed by atoms with E-state index in [2.05, 4.69) is 14.9 Å². The Hall–Kier alpha value is -2.97. The molecular formula is C19H20F2N4O3. The van der Waals surface area contributed by atoms with Gasteiger partial charge in [-0.3, -0.25) is 14.7 Å². The summed E-state index contributed by atoms with van der Waals surface area (Å²) in [5.41, 5.74) is 2.05. The number of hydrogen-bond acceptors (Lipinski definition) is 4. The number of para-hydroxylation sites is 1. The Kier molecular flexibility index (Phi) is 4.97. The molecule has 1 N–H and O–H groups in total. The number of likely N-dealkylation sites (tertiary alicyclic amines) is 1. The first-order valence-electron chi connectivity index (χ1n) is 9.19. The van der Waals surface area contributed by atoms with Gasteiger partial charge in [0.25, 0.3) is 5.91 Å². The molecule has 7 nitrogen and oxygen atoms in total. The molecule has 1 unspecified atom stereocenters. The number of hydrogen-bond donors (Lipinski definition) is 1. The van der Waals surface area contributed by atoms with E-state index in [1.54, 1.807) is 17.2 Å². The van der Waals surface area contributed by atoms with Gasteiger partial charge in [0.05, 0.1) is 11.8 Å². The molecule has 1 aromatic heterocycles. The van der Waals surface area contributed by atoms with E-state index in [9.17, 15) is 18.4 Å². The zero-order valence-electron chi connectivity index (χ0n) is 15.1. The van der Waals surface area contributed by atoms with E-state index in [0.717, 1.165) is 11.3 Å². The van der Waals surface area contributed by atoms with Crippen LogP contribution in [-0.2, 0) is 17.8 Å². The third-order valence-electron chi connectivity index (χ3n) is 5.24. The molecule has 9 heteroatoms. The molecule has 0 spiro atoms. The number of nitrogens with zero attached hydrogens (tertiary/aromatic N) is 3. The van der Waals surface area contributed by atoms with Crippen molar-refractivity contribution in [1.82, 2.24) is 20.0 Å². The van der Waals surface area contributed by atoms with E-state index in [1.807, 2.05) is 0 Å². The predicted molar refractivity (Wildman–Crippen MR) is 94.8 cm³/mol. The highest BCUT2D eigenvalue weighted by Gasteiger charge is 2.38. The second-order valence-electron chi connectivity index (χ2n) is 6.91. The van der Waals surface area contributed by atoms with Crippen molar-refractivity contribution >= 4 is 11.8 Å². The molecule has 1 fully saturated rings. The van der Waals surface area contributed by atoms with Crippen molar-refractivity contribution < 1.29 is 23.1 Å². The van der Waals surface area contributed by atoms with Crippen LogP contribution in [0.3, 0.4) is 0 Å². The zero-order chi connectivity index (χ0) is 19.7. The lowest BCUT2D eigenvalue weighted by Crippen LogP contribution is -2.49. The van der Waals surface area contributed by atoms with Gasteiger partial charge in [-0.15, -0.1) is 0 Å². The molecule has 3 heterocycles. The van der Waals surface area contributed by atoms with Gasteiger partial charge in [-0.2, -0.15) is 13.9 Å². The maximum absolute atomic E-state index is 13.1. The smallest absolute Gasteiger partial charge is 0.387 e. The number of alkyl halides is 2. The number of aromatic amines is 1. The summed E-state index contributed by atoms with van der Waals surface area (Å²) in [7, 11) is 0. The highest BCUT2D eigenvalue weighted by molar-refractivity contribution is 6.00. The van der Waals surface area contributed by atoms with Crippen molar-refractivity contribution in [3.05, 3.63) is 47.3 Å². The Morgan fingerprint density at radius 3 is 2.89 bits per heavy atom. The summed E-state index contributed by atoms with van der Waals surface area (Å²) in [4.78, 5) is 29.3. The molecule has 2 aromatic rings. The van der Waals surface area contributed by atoms with Crippen LogP contribution in [0.25, 0.3) is 0 Å². The van der Waals surface area contributed by atoms with E-state index in [0.29, 0.717) is 38.9 Å². The zero-order valence-corrected chi connectivity index (χ0v) is 15.1. The van der Waals surface area contributed by atoms with Crippen molar-refractivity contribution in [3.8, 4) is 5.75 Å². The van der Waals surface area contributed by atoms with Crippen LogP contribution in [0.1, 0.15) is 34.5 Å². The number of nitrogens with one attached hydrogen (secondary N) is 1. The molecule has 1 aromatic carbocycles. The molecule has 2 aliphatic heterocycles. The van der Waals surface area contributed by atoms with Crippen molar-refractivity contribution in [3.63, 3.8) is 0 Å². The minimum atomic E-state index is -3.03. The molecule has 0 aliphatic carbocycles. The molecule has 0 saturated carbocycles. The van der Waals surface area contributed by atoms with Gasteiger partial charge < -0.3 is 14.5 Å². The van der Waals surface area contributed by atoms with E-state index in [1.165, 1.54) is 23.1 Å². The Balaban J connectivity index is 1.52. The number of H-pyrrole nitrogens is 1. The maximum Gasteiger partial charge on any atom is 0.387 e. The van der Waals surface area contributed by atoms with Crippen LogP contribution in [0.4, 0.5) is 8.78 Å². The SMILES string of the molecule is O=C(C1CCCN1C(=O)c1ccccc1OC(F)F)N1CCc2[nH]ncc2C1. The summed E-state index contributed by atoms with van der Waals surface area (Å²) in [6.45, 7) is -1.61. The monoisotopic (exact) mass is 390 g/mol. The number of aromatic nitrogens is 2. The van der Waals surface area contributed by atoms with E-state index in [4.69, 9.17) is 0 Å². The van der Waals surface area contributed by atoms with Gasteiger partial charge in [-0.1, -0.05) is 12.1 Å². The highest BCUT2D eigenvalue weighted by Crippen LogP contribution is 2.28. The molecule has 28 heavy (non-hydrogen) atoms. The van der Waals surface area contributed by atoms with Crippen molar-refractivity contribution in [2.75, 3.05) is 13.1 Å². The van der Waals surface area contributed by atoms with Gasteiger partial charge in [0, 0.05) is 37.3 Å². The molecule has 0 bridgehead atoms. The molecular weight excluding hydrogens is 370 g/mol. The van der Waals surface area contributed by atoms with Crippen LogP contribution in [0.2, 0.25) is 0 Å². The largest absolute Gasteiger partial charge is 0.434 e. The summed E-state index contributed by atoms with van der Waals surface area (Å²) >= 11 is 0. The van der Waals surface area contributed by atoms with Gasteiger partial charge in [0.1, 0.15) is 11.8 Å². The summed E-state index contributed by atoms with van der Waals surface area (Å²) < 4.78 is 29.8. The van der Waals surface area contributed by atoms with Crippen LogP contribution in [0, 0.1) is 0 Å². The Bertz CT molecular complexity index is 886. The number of halogens is 2. The number of ether oxygens (including phenoxy) is 1. The van der Waals surface area contributed by atoms with Crippen LogP contribution in [0.5, 0.6) is 5.75 Å². The van der Waals surface area contributed by atoms with Crippen LogP contribution in [0.15, 0.2) is 30.5 Å². The third kappa shape index (κ3) is 3.44. The lowest BCUT2D eigenvalue weighted by Gasteiger charge is -2.32. The van der Waals surface area contributed by atoms with Crippen molar-refractivity contribution in [2.45, 2.75) is 38.5 Å². The van der Waals surface area contributed by atoms with E-state index < -0.39 is 18.6 Å². The van der Waals surface area contributed by atoms with Crippen molar-refractivity contribution in [1.29, 1.82) is 0 Å². The molecule has 4 rings (SSSR count). The summed E-state index contributed by atoms with van der Waals surface area (Å²) in [6.07, 6.45) is 3.64. The minimum Gasteiger partial charge on any atom is -0.434 e. The lowest BCUT2D eigenvalue weighted by molar-refractivity contribution is -0.136. The van der Waals surface area contributed by atoms with Gasteiger partial charge >= 0.3 is 6.61 Å². The first kappa shape index (κ1) is 18.4. The number of carbonyl (C=O) groups excluding carboxylic acids is 2. The fourth-order valence-electron chi connectivity index (χ4n) is 3.88. The minimum absolute atomic E-state index is 0.0401. The normalized spacial score (nSPS) is 19.0. The number of amides is 2. The summed E-state index contributed by atoms with van der Waals surface area (Å²) in [6, 6.07) is 5.29. The quantitative estimate of drug-likeness (QED) is 0.868. The Morgan fingerprint density at radius 1 is 1.25 bits per heavy atom. The van der Waals surface area contributed by atoms with Gasteiger partial charge in [-0.05, 0) is 25.0 Å². The van der Waals surface area contributed by atoms with Gasteiger partial charge in [0.15, 0.2) is 0 Å². The average Bonchev–Trinajstić information content (AvgIpc) is 3.35. The predicted octanol–water partition coefficient (Wildman–Crippen LogP) is 2.20. The summed E-state index contributed by atoms with van der Waals surface area (Å²) in [5, 5.41) is 6.94.